The molecule has 1 aromatic carbocycles. The zero-order chi connectivity index (χ0) is 10.9. The van der Waals surface area contributed by atoms with Crippen LogP contribution in [0.15, 0.2) is 12.1 Å². The first-order valence-electron chi connectivity index (χ1n) is 5.22. The van der Waals surface area contributed by atoms with E-state index < -0.39 is 0 Å². The van der Waals surface area contributed by atoms with Crippen molar-refractivity contribution in [1.82, 2.24) is 0 Å². The Labute approximate surface area is 87.7 Å². The van der Waals surface area contributed by atoms with Crippen LogP contribution in [0, 0.1) is 13.8 Å². The van der Waals surface area contributed by atoms with Gasteiger partial charge in [0, 0.05) is 19.8 Å². The van der Waals surface area contributed by atoms with E-state index in [1.54, 1.807) is 0 Å². The van der Waals surface area contributed by atoms with Crippen LogP contribution < -0.4 is 4.90 Å². The Kier molecular flexibility index (Phi) is 3.20. The van der Waals surface area contributed by atoms with E-state index >= 15 is 0 Å². The normalized spacial score (nSPS) is 10.8. The maximum atomic E-state index is 2.30. The molecule has 0 bridgehead atoms. The number of anilines is 1. The van der Waals surface area contributed by atoms with Gasteiger partial charge in [0.1, 0.15) is 0 Å². The summed E-state index contributed by atoms with van der Waals surface area (Å²) in [7, 11) is 4.23. The van der Waals surface area contributed by atoms with E-state index in [9.17, 15) is 0 Å². The van der Waals surface area contributed by atoms with E-state index in [4.69, 9.17) is 0 Å². The van der Waals surface area contributed by atoms with Crippen molar-refractivity contribution in [2.45, 2.75) is 33.6 Å². The minimum Gasteiger partial charge on any atom is -0.377 e. The van der Waals surface area contributed by atoms with Gasteiger partial charge < -0.3 is 4.90 Å². The van der Waals surface area contributed by atoms with Gasteiger partial charge in [0.05, 0.1) is 0 Å². The average Bonchev–Trinajstić information content (AvgIpc) is 2.01. The Morgan fingerprint density at radius 2 is 1.64 bits per heavy atom. The molecule has 1 nitrogen and oxygen atoms in total. The molecule has 0 aliphatic rings. The first-order chi connectivity index (χ1) is 6.43. The Morgan fingerprint density at radius 3 is 2.07 bits per heavy atom. The molecule has 0 aliphatic carbocycles. The molecule has 0 N–H and O–H groups in total. The van der Waals surface area contributed by atoms with Gasteiger partial charge in [-0.1, -0.05) is 31.5 Å². The highest BCUT2D eigenvalue weighted by atomic mass is 15.1. The van der Waals surface area contributed by atoms with Crippen molar-refractivity contribution in [3.63, 3.8) is 0 Å². The van der Waals surface area contributed by atoms with Crippen LogP contribution in [0.4, 0.5) is 5.69 Å². The molecule has 0 saturated heterocycles. The highest BCUT2D eigenvalue weighted by Crippen LogP contribution is 2.30. The molecule has 0 saturated carbocycles. The molecule has 1 heteroatoms. The third-order valence-electron chi connectivity index (χ3n) is 2.54. The number of benzene rings is 1. The monoisotopic (exact) mass is 191 g/mol. The summed E-state index contributed by atoms with van der Waals surface area (Å²) in [6.45, 7) is 8.86. The molecule has 1 aromatic rings. The molecule has 0 radical (unpaired) electrons. The molecule has 78 valence electrons. The van der Waals surface area contributed by atoms with Crippen molar-refractivity contribution in [3.05, 3.63) is 28.8 Å². The molecule has 0 aliphatic heterocycles. The van der Waals surface area contributed by atoms with Crippen molar-refractivity contribution >= 4 is 5.69 Å². The van der Waals surface area contributed by atoms with E-state index in [1.807, 2.05) is 0 Å². The summed E-state index contributed by atoms with van der Waals surface area (Å²) in [6.07, 6.45) is 0. The lowest BCUT2D eigenvalue weighted by molar-refractivity contribution is 0.854. The summed E-state index contributed by atoms with van der Waals surface area (Å²) in [6, 6.07) is 4.55. The van der Waals surface area contributed by atoms with Gasteiger partial charge in [-0.3, -0.25) is 0 Å². The second-order valence-corrected chi connectivity index (χ2v) is 4.57. The van der Waals surface area contributed by atoms with Crippen LogP contribution in [-0.4, -0.2) is 14.1 Å². The minimum absolute atomic E-state index is 0.589. The molecule has 0 unspecified atom stereocenters. The van der Waals surface area contributed by atoms with Crippen LogP contribution in [0.5, 0.6) is 0 Å². The Hall–Kier alpha value is -0.980. The van der Waals surface area contributed by atoms with Gasteiger partial charge in [0.2, 0.25) is 0 Å². The number of nitrogens with zero attached hydrogens (tertiary/aromatic N) is 1. The highest BCUT2D eigenvalue weighted by Gasteiger charge is 2.11. The van der Waals surface area contributed by atoms with Crippen LogP contribution in [0.2, 0.25) is 0 Å². The molecule has 0 fully saturated rings. The van der Waals surface area contributed by atoms with Gasteiger partial charge >= 0.3 is 0 Å². The molecule has 0 aromatic heterocycles. The Bertz CT molecular complexity index is 324. The maximum absolute atomic E-state index is 2.30. The van der Waals surface area contributed by atoms with Gasteiger partial charge in [-0.2, -0.15) is 0 Å². The second-order valence-electron chi connectivity index (χ2n) is 4.57. The smallest absolute Gasteiger partial charge is 0.0426 e. The van der Waals surface area contributed by atoms with Crippen LogP contribution in [0.1, 0.15) is 36.5 Å². The van der Waals surface area contributed by atoms with E-state index in [-0.39, 0.29) is 0 Å². The summed E-state index contributed by atoms with van der Waals surface area (Å²) in [4.78, 5) is 2.21. The van der Waals surface area contributed by atoms with Crippen LogP contribution in [0.25, 0.3) is 0 Å². The van der Waals surface area contributed by atoms with E-state index in [0.29, 0.717) is 5.92 Å². The van der Waals surface area contributed by atoms with Crippen molar-refractivity contribution < 1.29 is 0 Å². The summed E-state index contributed by atoms with van der Waals surface area (Å²) < 4.78 is 0. The van der Waals surface area contributed by atoms with Crippen LogP contribution >= 0.6 is 0 Å². The molecule has 0 heterocycles. The first-order valence-corrected chi connectivity index (χ1v) is 5.22. The van der Waals surface area contributed by atoms with Crippen molar-refractivity contribution in [3.8, 4) is 0 Å². The fourth-order valence-electron chi connectivity index (χ4n) is 2.04. The highest BCUT2D eigenvalue weighted by molar-refractivity contribution is 5.60. The first kappa shape index (κ1) is 11.1. The number of hydrogen-bond acceptors (Lipinski definition) is 1. The lowest BCUT2D eigenvalue weighted by atomic mass is 9.95. The average molecular weight is 191 g/mol. The summed E-state index contributed by atoms with van der Waals surface area (Å²) >= 11 is 0. The van der Waals surface area contributed by atoms with Crippen molar-refractivity contribution in [2.75, 3.05) is 19.0 Å². The third kappa shape index (κ3) is 2.09. The minimum atomic E-state index is 0.589. The lowest BCUT2D eigenvalue weighted by Gasteiger charge is -2.23. The Balaban J connectivity index is 3.37. The molecule has 0 atom stereocenters. The van der Waals surface area contributed by atoms with Gasteiger partial charge in [-0.25, -0.2) is 0 Å². The van der Waals surface area contributed by atoms with Gasteiger partial charge in [0.15, 0.2) is 0 Å². The maximum Gasteiger partial charge on any atom is 0.0426 e. The summed E-state index contributed by atoms with van der Waals surface area (Å²) in [5.74, 6) is 0.589. The topological polar surface area (TPSA) is 3.24 Å². The van der Waals surface area contributed by atoms with Crippen LogP contribution in [0.3, 0.4) is 0 Å². The van der Waals surface area contributed by atoms with E-state index in [0.717, 1.165) is 0 Å². The molecular formula is C13H21N. The fraction of sp³-hybridized carbons (Fsp3) is 0.538. The second kappa shape index (κ2) is 4.04. The fourth-order valence-corrected chi connectivity index (χ4v) is 2.04. The van der Waals surface area contributed by atoms with E-state index in [2.05, 4.69) is 58.8 Å². The predicted octanol–water partition coefficient (Wildman–Crippen LogP) is 3.49. The van der Waals surface area contributed by atoms with Crippen molar-refractivity contribution in [2.24, 2.45) is 0 Å². The molecule has 1 rings (SSSR count). The molecule has 0 spiro atoms. The molecular weight excluding hydrogens is 170 g/mol. The summed E-state index contributed by atoms with van der Waals surface area (Å²) in [5, 5.41) is 0. The molecule has 14 heavy (non-hydrogen) atoms. The largest absolute Gasteiger partial charge is 0.377 e. The zero-order valence-corrected chi connectivity index (χ0v) is 10.2. The Morgan fingerprint density at radius 1 is 1.07 bits per heavy atom. The van der Waals surface area contributed by atoms with Crippen LogP contribution in [-0.2, 0) is 0 Å². The van der Waals surface area contributed by atoms with Gasteiger partial charge in [-0.05, 0) is 30.9 Å². The molecule has 0 amide bonds. The van der Waals surface area contributed by atoms with Gasteiger partial charge in [-0.15, -0.1) is 0 Å². The van der Waals surface area contributed by atoms with Crippen molar-refractivity contribution in [1.29, 1.82) is 0 Å². The number of hydrogen-bond donors (Lipinski definition) is 0. The lowest BCUT2D eigenvalue weighted by Crippen LogP contribution is -2.13. The summed E-state index contributed by atoms with van der Waals surface area (Å²) in [5.41, 5.74) is 5.56. The zero-order valence-electron chi connectivity index (χ0n) is 10.2. The van der Waals surface area contributed by atoms with E-state index in [1.165, 1.54) is 22.4 Å². The quantitative estimate of drug-likeness (QED) is 0.691. The number of aryl methyl sites for hydroxylation is 2. The predicted molar refractivity (Wildman–Crippen MR) is 64.3 cm³/mol. The standard InChI is InChI=1S/C13H21N/c1-9(2)12-8-10(3)7-11(4)13(12)14(5)6/h7-9H,1-6H3. The SMILES string of the molecule is Cc1cc(C)c(N(C)C)c(C(C)C)c1. The van der Waals surface area contributed by atoms with Gasteiger partial charge in [0.25, 0.3) is 0 Å². The number of rotatable bonds is 2. The third-order valence-corrected chi connectivity index (χ3v) is 2.54.